The minimum Gasteiger partial charge on any atom is -0.486 e. The molecule has 49 heavy (non-hydrogen) atoms. The van der Waals surface area contributed by atoms with E-state index >= 15 is 0 Å². The largest absolute Gasteiger partial charge is 0.486 e. The molecule has 3 aromatic carbocycles. The number of rotatable bonds is 4. The maximum atomic E-state index is 8.55. The molecule has 249 valence electrons. The second kappa shape index (κ2) is 13.5. The standard InChI is InChI=1S/C22H21N2O.C21H19N2.Ir/c1-14-8-9-17-16-6-5-7-18(20(16)25-21(17)24-14)19-12-15(10-11-23-19)13-22(2,3)4;1-2-9-16(10-3-1)21-22-19-12-6-11-17-13-18(14-23(21)20(17)19)15-7-4-5-8-15;/h5-6,8-12H,13H2,1-4H3;1-3,6,9,11-13,15H,4-5,7-8,14H2;/q2*-1;/i1D3,13D2;;. The molecule has 0 atom stereocenters. The van der Waals surface area contributed by atoms with E-state index in [1.807, 2.05) is 39.0 Å². The summed E-state index contributed by atoms with van der Waals surface area (Å²) in [6, 6.07) is 31.3. The van der Waals surface area contributed by atoms with Crippen molar-refractivity contribution in [3.8, 4) is 22.6 Å². The third-order valence-corrected chi connectivity index (χ3v) is 9.14. The molecule has 0 N–H and O–H groups in total. The molecule has 0 saturated heterocycles. The van der Waals surface area contributed by atoms with Gasteiger partial charge in [0.25, 0.3) is 0 Å². The number of fused-ring (bicyclic) bond motifs is 3. The Morgan fingerprint density at radius 1 is 0.959 bits per heavy atom. The van der Waals surface area contributed by atoms with E-state index in [-0.39, 0.29) is 31.5 Å². The molecule has 7 aromatic rings. The van der Waals surface area contributed by atoms with Crippen molar-refractivity contribution in [1.82, 2.24) is 19.5 Å². The van der Waals surface area contributed by atoms with Crippen molar-refractivity contribution >= 4 is 39.2 Å². The Morgan fingerprint density at radius 3 is 2.63 bits per heavy atom. The topological polar surface area (TPSA) is 56.7 Å². The summed E-state index contributed by atoms with van der Waals surface area (Å²) < 4.78 is 48.2. The van der Waals surface area contributed by atoms with Crippen LogP contribution in [0, 0.1) is 30.3 Å². The van der Waals surface area contributed by atoms with Gasteiger partial charge < -0.3 is 14.0 Å². The Labute approximate surface area is 308 Å². The first-order chi connectivity index (χ1) is 25.3. The molecule has 0 unspecified atom stereocenters. The van der Waals surface area contributed by atoms with Gasteiger partial charge in [-0.25, -0.2) is 4.98 Å². The molecule has 1 aliphatic carbocycles. The normalized spacial score (nSPS) is 16.6. The predicted molar refractivity (Wildman–Crippen MR) is 195 cm³/mol. The van der Waals surface area contributed by atoms with Crippen molar-refractivity contribution in [3.63, 3.8) is 0 Å². The fourth-order valence-corrected chi connectivity index (χ4v) is 7.08. The second-order valence-corrected chi connectivity index (χ2v) is 13.8. The fourth-order valence-electron chi connectivity index (χ4n) is 7.08. The van der Waals surface area contributed by atoms with Crippen LogP contribution < -0.4 is 0 Å². The van der Waals surface area contributed by atoms with Gasteiger partial charge in [-0.05, 0) is 78.5 Å². The number of aryl methyl sites for hydroxylation is 1. The summed E-state index contributed by atoms with van der Waals surface area (Å²) in [5, 5.41) is 1.48. The molecule has 0 spiro atoms. The van der Waals surface area contributed by atoms with Crippen LogP contribution in [0.2, 0.25) is 0 Å². The average molecular weight is 826 g/mol. The quantitative estimate of drug-likeness (QED) is 0.166. The minimum absolute atomic E-state index is 0. The van der Waals surface area contributed by atoms with Gasteiger partial charge >= 0.3 is 0 Å². The summed E-state index contributed by atoms with van der Waals surface area (Å²) >= 11 is 0. The first-order valence-corrected chi connectivity index (χ1v) is 16.7. The second-order valence-electron chi connectivity index (χ2n) is 13.8. The fraction of sp³-hybridized carbons (Fsp3) is 0.279. The molecule has 5 heterocycles. The van der Waals surface area contributed by atoms with Gasteiger partial charge in [-0.2, -0.15) is 0 Å². The summed E-state index contributed by atoms with van der Waals surface area (Å²) in [4.78, 5) is 13.5. The molecule has 1 fully saturated rings. The Bertz CT molecular complexity index is 2510. The van der Waals surface area contributed by atoms with E-state index in [2.05, 4.69) is 63.1 Å². The molecule has 0 bridgehead atoms. The van der Waals surface area contributed by atoms with Crippen LogP contribution in [-0.2, 0) is 33.0 Å². The van der Waals surface area contributed by atoms with Crippen LogP contribution in [-0.4, -0.2) is 19.5 Å². The first-order valence-electron chi connectivity index (χ1n) is 19.2. The van der Waals surface area contributed by atoms with Crippen LogP contribution >= 0.6 is 0 Å². The van der Waals surface area contributed by atoms with Gasteiger partial charge in [0.1, 0.15) is 0 Å². The smallest absolute Gasteiger partial charge is 0.216 e. The van der Waals surface area contributed by atoms with E-state index < -0.39 is 18.6 Å². The number of pyridine rings is 2. The molecule has 5 nitrogen and oxygen atoms in total. The van der Waals surface area contributed by atoms with E-state index in [9.17, 15) is 0 Å². The van der Waals surface area contributed by atoms with Gasteiger partial charge in [0.15, 0.2) is 0 Å². The van der Waals surface area contributed by atoms with Gasteiger partial charge in [-0.15, -0.1) is 54.1 Å². The molecular formula is C43H40IrN4O-2. The molecule has 1 saturated carbocycles. The Balaban J connectivity index is 0.000000168. The Morgan fingerprint density at radius 2 is 1.84 bits per heavy atom. The summed E-state index contributed by atoms with van der Waals surface area (Å²) in [6.45, 7) is 4.22. The number of imidazole rings is 1. The van der Waals surface area contributed by atoms with Crippen molar-refractivity contribution < 1.29 is 31.4 Å². The average Bonchev–Trinajstić information content (AvgIpc) is 3.90. The first kappa shape index (κ1) is 27.4. The van der Waals surface area contributed by atoms with Crippen LogP contribution in [0.3, 0.4) is 0 Å². The molecule has 2 aliphatic rings. The maximum absolute atomic E-state index is 8.55. The molecule has 4 aromatic heterocycles. The number of allylic oxidation sites excluding steroid dienone is 1. The van der Waals surface area contributed by atoms with Crippen LogP contribution in [0.1, 0.15) is 70.1 Å². The number of aromatic nitrogens is 4. The zero-order valence-corrected chi connectivity index (χ0v) is 30.2. The summed E-state index contributed by atoms with van der Waals surface area (Å²) in [5.41, 5.74) is 8.08. The predicted octanol–water partition coefficient (Wildman–Crippen LogP) is 10.8. The minimum atomic E-state index is -2.32. The summed E-state index contributed by atoms with van der Waals surface area (Å²) in [6.07, 6.45) is 7.89. The van der Waals surface area contributed by atoms with Gasteiger partial charge in [0.2, 0.25) is 5.71 Å². The Kier molecular flexibility index (Phi) is 7.56. The van der Waals surface area contributed by atoms with Crippen LogP contribution in [0.15, 0.2) is 95.0 Å². The van der Waals surface area contributed by atoms with Crippen molar-refractivity contribution in [3.05, 3.63) is 120 Å². The summed E-state index contributed by atoms with van der Waals surface area (Å²) in [5.74, 6) is 1.81. The van der Waals surface area contributed by atoms with Crippen molar-refractivity contribution in [2.75, 3.05) is 0 Å². The zero-order chi connectivity index (χ0) is 37.1. The number of para-hydroxylation sites is 1. The number of nitrogens with zero attached hydrogens (tertiary/aromatic N) is 4. The molecule has 1 radical (unpaired) electrons. The van der Waals surface area contributed by atoms with E-state index in [0.29, 0.717) is 27.8 Å². The monoisotopic (exact) mass is 826 g/mol. The van der Waals surface area contributed by atoms with E-state index in [1.54, 1.807) is 36.0 Å². The Hall–Kier alpha value is -4.38. The van der Waals surface area contributed by atoms with Crippen molar-refractivity contribution in [1.29, 1.82) is 0 Å². The van der Waals surface area contributed by atoms with E-state index in [0.717, 1.165) is 34.8 Å². The van der Waals surface area contributed by atoms with Gasteiger partial charge in [0, 0.05) is 50.8 Å². The van der Waals surface area contributed by atoms with Crippen molar-refractivity contribution in [2.24, 2.45) is 11.3 Å². The third kappa shape index (κ3) is 6.65. The van der Waals surface area contributed by atoms with Crippen LogP contribution in [0.4, 0.5) is 0 Å². The van der Waals surface area contributed by atoms with Gasteiger partial charge in [-0.1, -0.05) is 74.4 Å². The summed E-state index contributed by atoms with van der Waals surface area (Å²) in [7, 11) is 0. The molecule has 1 aliphatic heterocycles. The molecule has 6 heteroatoms. The zero-order valence-electron chi connectivity index (χ0n) is 32.8. The van der Waals surface area contributed by atoms with Crippen LogP contribution in [0.25, 0.3) is 61.8 Å². The van der Waals surface area contributed by atoms with E-state index in [1.165, 1.54) is 42.8 Å². The van der Waals surface area contributed by atoms with Crippen molar-refractivity contribution in [2.45, 2.75) is 66.2 Å². The molecular weight excluding hydrogens is 781 g/mol. The van der Waals surface area contributed by atoms with Gasteiger partial charge in [0.05, 0.1) is 22.4 Å². The number of benzene rings is 3. The van der Waals surface area contributed by atoms with E-state index in [4.69, 9.17) is 16.3 Å². The number of furan rings is 1. The maximum Gasteiger partial charge on any atom is 0.216 e. The SMILES string of the molecule is [2H]C([2H])([2H])c1ccc2c(n1)oc1c(-c3cc(C([2H])([2H])C(C)(C)C)ccn3)[c-]ccc12.[Ir].[c-]1ccccc1-c1nc2cccc3c2n1CC(C1CCCC1)=C3. The molecule has 0 amide bonds. The number of hydrogen-bond acceptors (Lipinski definition) is 4. The number of hydrogen-bond donors (Lipinski definition) is 0. The van der Waals surface area contributed by atoms with Crippen LogP contribution in [0.5, 0.6) is 0 Å². The molecule has 9 rings (SSSR count). The third-order valence-electron chi connectivity index (χ3n) is 9.14. The van der Waals surface area contributed by atoms with Gasteiger partial charge in [-0.3, -0.25) is 4.98 Å².